The molecule has 0 heteroatoms. The number of rotatable bonds is 0. The molecule has 2 aliphatic rings. The average Bonchev–Trinajstić information content (AvgIpc) is 2.29. The van der Waals surface area contributed by atoms with E-state index in [1.807, 2.05) is 0 Å². The van der Waals surface area contributed by atoms with Gasteiger partial charge in [0.25, 0.3) is 0 Å². The summed E-state index contributed by atoms with van der Waals surface area (Å²) < 4.78 is 0. The first kappa shape index (κ1) is 7.64. The van der Waals surface area contributed by atoms with Gasteiger partial charge in [0.1, 0.15) is 0 Å². The van der Waals surface area contributed by atoms with Gasteiger partial charge in [-0.1, -0.05) is 26.7 Å². The summed E-state index contributed by atoms with van der Waals surface area (Å²) in [6.07, 6.45) is 9.07. The van der Waals surface area contributed by atoms with Gasteiger partial charge in [-0.3, -0.25) is 0 Å². The van der Waals surface area contributed by atoms with E-state index in [-0.39, 0.29) is 0 Å². The van der Waals surface area contributed by atoms with E-state index in [4.69, 9.17) is 0 Å². The highest BCUT2D eigenvalue weighted by Crippen LogP contribution is 2.54. The lowest BCUT2D eigenvalue weighted by atomic mass is 9.66. The van der Waals surface area contributed by atoms with Crippen molar-refractivity contribution >= 4 is 0 Å². The molecule has 0 amide bonds. The van der Waals surface area contributed by atoms with Crippen molar-refractivity contribution in [3.8, 4) is 0 Å². The summed E-state index contributed by atoms with van der Waals surface area (Å²) in [6.45, 7) is 5.00. The van der Waals surface area contributed by atoms with Gasteiger partial charge in [-0.2, -0.15) is 0 Å². The van der Waals surface area contributed by atoms with Gasteiger partial charge in [-0.15, -0.1) is 0 Å². The van der Waals surface area contributed by atoms with E-state index in [0.717, 1.165) is 17.3 Å². The molecule has 2 fully saturated rings. The highest BCUT2D eigenvalue weighted by molar-refractivity contribution is 4.95. The predicted octanol–water partition coefficient (Wildman–Crippen LogP) is 3.61. The van der Waals surface area contributed by atoms with Crippen molar-refractivity contribution in [3.63, 3.8) is 0 Å². The van der Waals surface area contributed by atoms with E-state index < -0.39 is 0 Å². The first-order valence-corrected chi connectivity index (χ1v) is 5.23. The Morgan fingerprint density at radius 1 is 1.09 bits per heavy atom. The van der Waals surface area contributed by atoms with Crippen molar-refractivity contribution in [2.45, 2.75) is 52.4 Å². The smallest absolute Gasteiger partial charge is 0.0272 e. The minimum absolute atomic E-state index is 0.748. The Hall–Kier alpha value is 0. The number of hydrogen-bond donors (Lipinski definition) is 0. The van der Waals surface area contributed by atoms with Crippen LogP contribution in [0.3, 0.4) is 0 Å². The quantitative estimate of drug-likeness (QED) is 0.497. The van der Waals surface area contributed by atoms with Gasteiger partial charge in [-0.25, -0.2) is 0 Å². The Labute approximate surface area is 70.4 Å². The zero-order valence-corrected chi connectivity index (χ0v) is 7.90. The molecule has 2 saturated carbocycles. The molecule has 2 rings (SSSR count). The topological polar surface area (TPSA) is 0 Å². The van der Waals surface area contributed by atoms with Gasteiger partial charge in [0.05, 0.1) is 0 Å². The largest absolute Gasteiger partial charge is 0.0620 e. The summed E-state index contributed by atoms with van der Waals surface area (Å²) in [6, 6.07) is 0. The minimum atomic E-state index is 0.748. The van der Waals surface area contributed by atoms with Gasteiger partial charge in [0.15, 0.2) is 0 Å². The van der Waals surface area contributed by atoms with Gasteiger partial charge in [0.2, 0.25) is 0 Å². The van der Waals surface area contributed by atoms with Crippen LogP contribution in [0.2, 0.25) is 0 Å². The SMILES string of the molecule is C[C@@H]1CCC2CCCC[C@]21C. The van der Waals surface area contributed by atoms with Crippen LogP contribution in [-0.2, 0) is 0 Å². The summed E-state index contributed by atoms with van der Waals surface area (Å²) >= 11 is 0. The van der Waals surface area contributed by atoms with Crippen molar-refractivity contribution in [2.24, 2.45) is 17.3 Å². The Morgan fingerprint density at radius 3 is 2.64 bits per heavy atom. The molecule has 2 aliphatic carbocycles. The van der Waals surface area contributed by atoms with E-state index in [9.17, 15) is 0 Å². The molecule has 0 aromatic carbocycles. The van der Waals surface area contributed by atoms with Crippen LogP contribution in [0.15, 0.2) is 0 Å². The molecule has 0 nitrogen and oxygen atoms in total. The fourth-order valence-corrected chi connectivity index (χ4v) is 3.33. The third-order valence-corrected chi connectivity index (χ3v) is 4.52. The zero-order valence-electron chi connectivity index (χ0n) is 7.90. The molecule has 64 valence electrons. The van der Waals surface area contributed by atoms with E-state index in [2.05, 4.69) is 13.8 Å². The maximum atomic E-state index is 2.54. The van der Waals surface area contributed by atoms with Gasteiger partial charge < -0.3 is 0 Å². The number of hydrogen-bond acceptors (Lipinski definition) is 0. The standard InChI is InChI=1S/C11H20/c1-9-6-7-10-5-3-4-8-11(9,10)2/h9-10H,3-8H2,1-2H3/t9-,10?,11+/m1/s1. The molecule has 0 heterocycles. The average molecular weight is 152 g/mol. The second-order valence-corrected chi connectivity index (χ2v) is 4.93. The molecular weight excluding hydrogens is 132 g/mol. The van der Waals surface area contributed by atoms with Crippen LogP contribution in [0.4, 0.5) is 0 Å². The van der Waals surface area contributed by atoms with E-state index in [1.165, 1.54) is 38.5 Å². The molecule has 0 N–H and O–H groups in total. The second-order valence-electron chi connectivity index (χ2n) is 4.93. The third kappa shape index (κ3) is 1.02. The lowest BCUT2D eigenvalue weighted by Crippen LogP contribution is -2.30. The number of fused-ring (bicyclic) bond motifs is 1. The van der Waals surface area contributed by atoms with Crippen molar-refractivity contribution in [3.05, 3.63) is 0 Å². The lowest BCUT2D eigenvalue weighted by Gasteiger charge is -2.39. The summed E-state index contributed by atoms with van der Waals surface area (Å²) in [7, 11) is 0. The third-order valence-electron chi connectivity index (χ3n) is 4.52. The van der Waals surface area contributed by atoms with E-state index in [0.29, 0.717) is 0 Å². The lowest BCUT2D eigenvalue weighted by molar-refractivity contribution is 0.109. The molecular formula is C11H20. The fourth-order valence-electron chi connectivity index (χ4n) is 3.33. The first-order chi connectivity index (χ1) is 5.23. The molecule has 0 spiro atoms. The van der Waals surface area contributed by atoms with Crippen LogP contribution < -0.4 is 0 Å². The molecule has 0 saturated heterocycles. The van der Waals surface area contributed by atoms with E-state index >= 15 is 0 Å². The summed E-state index contributed by atoms with van der Waals surface area (Å²) in [5.41, 5.74) is 0.748. The minimum Gasteiger partial charge on any atom is -0.0620 e. The molecule has 3 atom stereocenters. The molecule has 1 unspecified atom stereocenters. The highest BCUT2D eigenvalue weighted by Gasteiger charge is 2.44. The van der Waals surface area contributed by atoms with Crippen LogP contribution in [0.25, 0.3) is 0 Å². The molecule has 0 aliphatic heterocycles. The maximum Gasteiger partial charge on any atom is -0.0272 e. The zero-order chi connectivity index (χ0) is 7.90. The molecule has 0 radical (unpaired) electrons. The van der Waals surface area contributed by atoms with Gasteiger partial charge in [-0.05, 0) is 42.9 Å². The fraction of sp³-hybridized carbons (Fsp3) is 1.00. The molecule has 0 aromatic heterocycles. The normalized spacial score (nSPS) is 50.7. The Balaban J connectivity index is 2.16. The van der Waals surface area contributed by atoms with Crippen molar-refractivity contribution in [1.29, 1.82) is 0 Å². The maximum absolute atomic E-state index is 2.54. The van der Waals surface area contributed by atoms with Crippen LogP contribution >= 0.6 is 0 Å². The second kappa shape index (κ2) is 2.50. The van der Waals surface area contributed by atoms with Crippen LogP contribution in [-0.4, -0.2) is 0 Å². The highest BCUT2D eigenvalue weighted by atomic mass is 14.5. The first-order valence-electron chi connectivity index (χ1n) is 5.23. The van der Waals surface area contributed by atoms with Gasteiger partial charge in [0, 0.05) is 0 Å². The van der Waals surface area contributed by atoms with Crippen molar-refractivity contribution in [1.82, 2.24) is 0 Å². The van der Waals surface area contributed by atoms with Crippen LogP contribution in [0.1, 0.15) is 52.4 Å². The summed E-state index contributed by atoms with van der Waals surface area (Å²) in [5.74, 6) is 2.10. The van der Waals surface area contributed by atoms with Gasteiger partial charge >= 0.3 is 0 Å². The Morgan fingerprint density at radius 2 is 1.91 bits per heavy atom. The molecule has 11 heavy (non-hydrogen) atoms. The van der Waals surface area contributed by atoms with Crippen molar-refractivity contribution in [2.75, 3.05) is 0 Å². The Kier molecular flexibility index (Phi) is 1.74. The summed E-state index contributed by atoms with van der Waals surface area (Å²) in [4.78, 5) is 0. The van der Waals surface area contributed by atoms with Crippen molar-refractivity contribution < 1.29 is 0 Å². The predicted molar refractivity (Wildman–Crippen MR) is 48.5 cm³/mol. The molecule has 0 bridgehead atoms. The molecule has 0 aromatic rings. The van der Waals surface area contributed by atoms with Crippen LogP contribution in [0.5, 0.6) is 0 Å². The summed E-state index contributed by atoms with van der Waals surface area (Å²) in [5, 5.41) is 0. The monoisotopic (exact) mass is 152 g/mol. The Bertz CT molecular complexity index is 148. The van der Waals surface area contributed by atoms with E-state index in [1.54, 1.807) is 0 Å². The van der Waals surface area contributed by atoms with Crippen LogP contribution in [0, 0.1) is 17.3 Å².